The predicted molar refractivity (Wildman–Crippen MR) is 85.2 cm³/mol. The van der Waals surface area contributed by atoms with E-state index in [1.165, 1.54) is 0 Å². The summed E-state index contributed by atoms with van der Waals surface area (Å²) < 4.78 is 19.8. The van der Waals surface area contributed by atoms with Crippen molar-refractivity contribution >= 4 is 28.1 Å². The van der Waals surface area contributed by atoms with E-state index >= 15 is 0 Å². The van der Waals surface area contributed by atoms with Crippen LogP contribution in [0.5, 0.6) is 0 Å². The number of hydrogen-bond acceptors (Lipinski definition) is 4. The largest absolute Gasteiger partial charge is 0.378 e. The molecular formula is C15H17N3O2S. The lowest BCUT2D eigenvalue weighted by Crippen LogP contribution is -2.08. The fourth-order valence-electron chi connectivity index (χ4n) is 1.77. The summed E-state index contributed by atoms with van der Waals surface area (Å²) in [6.07, 6.45) is 0. The molecule has 0 spiro atoms. The monoisotopic (exact) mass is 303 g/mol. The molecule has 2 rings (SSSR count). The first-order chi connectivity index (χ1) is 9.97. The molecule has 0 aromatic heterocycles. The van der Waals surface area contributed by atoms with Crippen LogP contribution in [0, 0.1) is 6.92 Å². The summed E-state index contributed by atoms with van der Waals surface area (Å²) in [5, 5.41) is 8.36. The van der Waals surface area contributed by atoms with Gasteiger partial charge in [0.15, 0.2) is 11.1 Å². The predicted octanol–water partition coefficient (Wildman–Crippen LogP) is 4.06. The van der Waals surface area contributed by atoms with Crippen LogP contribution in [0.2, 0.25) is 0 Å². The third-order valence-corrected chi connectivity index (χ3v) is 3.68. The van der Waals surface area contributed by atoms with Crippen molar-refractivity contribution in [2.75, 3.05) is 19.0 Å². The third kappa shape index (κ3) is 3.96. The molecule has 1 unspecified atom stereocenters. The molecule has 0 aliphatic heterocycles. The molecule has 0 saturated heterocycles. The molecule has 2 aromatic carbocycles. The topological polar surface area (TPSA) is 65.3 Å². The van der Waals surface area contributed by atoms with E-state index in [9.17, 15) is 4.21 Å². The summed E-state index contributed by atoms with van der Waals surface area (Å²) in [6.45, 7) is 1.99. The standard InChI is InChI=1S/C15H17N3O2S/c1-11-10-13(18(2)3)6-9-15(11)17-16-12-4-7-14(8-5-12)21(19)20/h4-10H,1-3H3,(H,19,20). The summed E-state index contributed by atoms with van der Waals surface area (Å²) in [4.78, 5) is 2.38. The molecule has 110 valence electrons. The van der Waals surface area contributed by atoms with Gasteiger partial charge in [-0.25, -0.2) is 4.21 Å². The molecular weight excluding hydrogens is 286 g/mol. The average Bonchev–Trinajstić information content (AvgIpc) is 2.46. The first-order valence-corrected chi connectivity index (χ1v) is 7.48. The summed E-state index contributed by atoms with van der Waals surface area (Å²) in [5.41, 5.74) is 3.59. The second-order valence-electron chi connectivity index (χ2n) is 4.81. The third-order valence-electron chi connectivity index (χ3n) is 3.01. The minimum Gasteiger partial charge on any atom is -0.378 e. The number of nitrogens with zero attached hydrogens (tertiary/aromatic N) is 3. The number of anilines is 1. The maximum atomic E-state index is 10.9. The normalized spacial score (nSPS) is 12.6. The van der Waals surface area contributed by atoms with Crippen LogP contribution < -0.4 is 4.90 Å². The van der Waals surface area contributed by atoms with Gasteiger partial charge in [0.1, 0.15) is 0 Å². The Balaban J connectivity index is 2.19. The highest BCUT2D eigenvalue weighted by Crippen LogP contribution is 2.26. The zero-order valence-corrected chi connectivity index (χ0v) is 13.0. The lowest BCUT2D eigenvalue weighted by Gasteiger charge is -2.13. The zero-order valence-electron chi connectivity index (χ0n) is 12.1. The Morgan fingerprint density at radius 1 is 1.05 bits per heavy atom. The molecule has 0 radical (unpaired) electrons. The first kappa shape index (κ1) is 15.3. The van der Waals surface area contributed by atoms with Gasteiger partial charge >= 0.3 is 0 Å². The SMILES string of the molecule is Cc1cc(N(C)C)ccc1N=Nc1ccc(S(=O)O)cc1. The summed E-state index contributed by atoms with van der Waals surface area (Å²) in [7, 11) is 3.98. The van der Waals surface area contributed by atoms with E-state index in [0.29, 0.717) is 10.6 Å². The Morgan fingerprint density at radius 3 is 2.24 bits per heavy atom. The number of rotatable bonds is 4. The van der Waals surface area contributed by atoms with Gasteiger partial charge in [-0.3, -0.25) is 0 Å². The van der Waals surface area contributed by atoms with Gasteiger partial charge in [0.05, 0.1) is 16.3 Å². The van der Waals surface area contributed by atoms with Crippen molar-refractivity contribution < 1.29 is 8.76 Å². The van der Waals surface area contributed by atoms with Crippen LogP contribution in [-0.2, 0) is 11.1 Å². The van der Waals surface area contributed by atoms with E-state index in [-0.39, 0.29) is 0 Å². The van der Waals surface area contributed by atoms with Crippen molar-refractivity contribution in [2.24, 2.45) is 10.2 Å². The number of azo groups is 1. The van der Waals surface area contributed by atoms with Gasteiger partial charge in [-0.05, 0) is 55.0 Å². The van der Waals surface area contributed by atoms with Gasteiger partial charge in [-0.15, -0.1) is 0 Å². The van der Waals surface area contributed by atoms with Crippen molar-refractivity contribution in [2.45, 2.75) is 11.8 Å². The van der Waals surface area contributed by atoms with Crippen molar-refractivity contribution in [1.82, 2.24) is 0 Å². The maximum absolute atomic E-state index is 10.9. The van der Waals surface area contributed by atoms with Crippen LogP contribution in [0.15, 0.2) is 57.6 Å². The molecule has 0 aliphatic rings. The molecule has 5 nitrogen and oxygen atoms in total. The van der Waals surface area contributed by atoms with Crippen LogP contribution in [-0.4, -0.2) is 22.9 Å². The van der Waals surface area contributed by atoms with Crippen LogP contribution in [0.1, 0.15) is 5.56 Å². The van der Waals surface area contributed by atoms with Crippen molar-refractivity contribution in [3.63, 3.8) is 0 Å². The number of hydrogen-bond donors (Lipinski definition) is 1. The smallest absolute Gasteiger partial charge is 0.186 e. The van der Waals surface area contributed by atoms with Crippen molar-refractivity contribution in [3.05, 3.63) is 48.0 Å². The molecule has 0 fully saturated rings. The highest BCUT2D eigenvalue weighted by atomic mass is 32.2. The number of aryl methyl sites for hydroxylation is 1. The quantitative estimate of drug-likeness (QED) is 0.684. The molecule has 0 aliphatic carbocycles. The molecule has 21 heavy (non-hydrogen) atoms. The summed E-state index contributed by atoms with van der Waals surface area (Å²) >= 11 is -1.96. The van der Waals surface area contributed by atoms with Gasteiger partial charge in [0, 0.05) is 19.8 Å². The van der Waals surface area contributed by atoms with Gasteiger partial charge in [0.2, 0.25) is 0 Å². The van der Waals surface area contributed by atoms with Crippen LogP contribution in [0.3, 0.4) is 0 Å². The van der Waals surface area contributed by atoms with Gasteiger partial charge in [-0.1, -0.05) is 0 Å². The maximum Gasteiger partial charge on any atom is 0.186 e. The Bertz CT molecular complexity index is 682. The Labute approximate surface area is 126 Å². The Kier molecular flexibility index (Phi) is 4.82. The number of benzene rings is 2. The minimum absolute atomic E-state index is 0.348. The molecule has 0 bridgehead atoms. The van der Waals surface area contributed by atoms with E-state index in [4.69, 9.17) is 4.55 Å². The minimum atomic E-state index is -1.96. The molecule has 0 saturated carbocycles. The zero-order chi connectivity index (χ0) is 15.4. The summed E-state index contributed by atoms with van der Waals surface area (Å²) in [6, 6.07) is 12.4. The van der Waals surface area contributed by atoms with E-state index < -0.39 is 11.1 Å². The van der Waals surface area contributed by atoms with E-state index in [1.54, 1.807) is 24.3 Å². The van der Waals surface area contributed by atoms with Gasteiger partial charge in [0.25, 0.3) is 0 Å². The fraction of sp³-hybridized carbons (Fsp3) is 0.200. The van der Waals surface area contributed by atoms with E-state index in [1.807, 2.05) is 44.1 Å². The highest BCUT2D eigenvalue weighted by Gasteiger charge is 2.02. The van der Waals surface area contributed by atoms with Crippen LogP contribution in [0.25, 0.3) is 0 Å². The van der Waals surface area contributed by atoms with Crippen molar-refractivity contribution in [1.29, 1.82) is 0 Å². The molecule has 0 heterocycles. The lowest BCUT2D eigenvalue weighted by atomic mass is 10.2. The molecule has 1 atom stereocenters. The van der Waals surface area contributed by atoms with Gasteiger partial charge < -0.3 is 9.45 Å². The summed E-state index contributed by atoms with van der Waals surface area (Å²) in [5.74, 6) is 0. The van der Waals surface area contributed by atoms with Crippen LogP contribution in [0.4, 0.5) is 17.1 Å². The van der Waals surface area contributed by atoms with E-state index in [0.717, 1.165) is 16.9 Å². The van der Waals surface area contributed by atoms with Gasteiger partial charge in [-0.2, -0.15) is 10.2 Å². The first-order valence-electron chi connectivity index (χ1n) is 6.38. The second-order valence-corrected chi connectivity index (χ2v) is 5.78. The molecule has 2 aromatic rings. The molecule has 0 amide bonds. The van der Waals surface area contributed by atoms with Crippen molar-refractivity contribution in [3.8, 4) is 0 Å². The Hall–Kier alpha value is -2.05. The second kappa shape index (κ2) is 6.60. The molecule has 1 N–H and O–H groups in total. The average molecular weight is 303 g/mol. The lowest BCUT2D eigenvalue weighted by molar-refractivity contribution is 0.564. The highest BCUT2D eigenvalue weighted by molar-refractivity contribution is 7.79. The van der Waals surface area contributed by atoms with Crippen LogP contribution >= 0.6 is 0 Å². The molecule has 6 heteroatoms. The fourth-order valence-corrected chi connectivity index (χ4v) is 2.14. The van der Waals surface area contributed by atoms with E-state index in [2.05, 4.69) is 10.2 Å². The Morgan fingerprint density at radius 2 is 1.71 bits per heavy atom.